The van der Waals surface area contributed by atoms with Crippen LogP contribution in [0.3, 0.4) is 0 Å². The van der Waals surface area contributed by atoms with Gasteiger partial charge in [0.1, 0.15) is 0 Å². The molecular formula is C4H2F9NaO3S. The Hall–Kier alpha value is 0.280. The van der Waals surface area contributed by atoms with Gasteiger partial charge >= 0.3 is 63.0 Å². The van der Waals surface area contributed by atoms with Crippen LogP contribution in [-0.4, -0.2) is 65.8 Å². The molecule has 0 saturated heterocycles. The molecule has 0 radical (unpaired) electrons. The molecule has 0 aromatic rings. The summed E-state index contributed by atoms with van der Waals surface area (Å²) in [6, 6.07) is 0. The number of hydrogen-bond donors (Lipinski definition) is 1. The van der Waals surface area contributed by atoms with E-state index in [9.17, 15) is 47.9 Å². The van der Waals surface area contributed by atoms with Crippen LogP contribution in [0.4, 0.5) is 39.5 Å². The Morgan fingerprint density at radius 3 is 1.17 bits per heavy atom. The molecule has 0 aliphatic rings. The normalized spacial score (nSPS) is 15.2. The van der Waals surface area contributed by atoms with Gasteiger partial charge in [-0.3, -0.25) is 4.55 Å². The second-order valence-corrected chi connectivity index (χ2v) is 4.10. The Kier molecular flexibility index (Phi) is 5.72. The topological polar surface area (TPSA) is 54.4 Å². The zero-order chi connectivity index (χ0) is 14.5. The molecule has 0 aliphatic carbocycles. The van der Waals surface area contributed by atoms with Crippen LogP contribution < -0.4 is 0 Å². The first-order valence-electron chi connectivity index (χ1n) is 3.17. The summed E-state index contributed by atoms with van der Waals surface area (Å²) in [5.41, 5.74) is 0. The van der Waals surface area contributed by atoms with Crippen LogP contribution in [-0.2, 0) is 10.1 Å². The summed E-state index contributed by atoms with van der Waals surface area (Å²) >= 11 is 0. The Morgan fingerprint density at radius 1 is 0.722 bits per heavy atom. The molecule has 0 amide bonds. The van der Waals surface area contributed by atoms with Gasteiger partial charge in [-0.05, 0) is 0 Å². The van der Waals surface area contributed by atoms with Crippen LogP contribution in [0.25, 0.3) is 0 Å². The number of rotatable bonds is 3. The summed E-state index contributed by atoms with van der Waals surface area (Å²) < 4.78 is 134. The van der Waals surface area contributed by atoms with Crippen molar-refractivity contribution in [3.8, 4) is 0 Å². The Morgan fingerprint density at radius 2 is 1.00 bits per heavy atom. The molecule has 14 heteroatoms. The standard InChI is InChI=1S/C4HF9O3S.Na.H/c5-1(6,3(9,10)11)2(7,8)4(12,13)17(14,15)16;;/h(H,14,15,16);;. The first kappa shape index (κ1) is 20.6. The predicted molar refractivity (Wildman–Crippen MR) is 39.6 cm³/mol. The van der Waals surface area contributed by atoms with Gasteiger partial charge in [-0.1, -0.05) is 0 Å². The summed E-state index contributed by atoms with van der Waals surface area (Å²) in [6.45, 7) is 0. The van der Waals surface area contributed by atoms with E-state index >= 15 is 0 Å². The summed E-state index contributed by atoms with van der Waals surface area (Å²) in [4.78, 5) is 0. The van der Waals surface area contributed by atoms with Crippen LogP contribution in [0.5, 0.6) is 0 Å². The van der Waals surface area contributed by atoms with E-state index in [0.717, 1.165) is 0 Å². The number of hydrogen-bond acceptors (Lipinski definition) is 2. The van der Waals surface area contributed by atoms with E-state index in [1.165, 1.54) is 0 Å². The predicted octanol–water partition coefficient (Wildman–Crippen LogP) is 1.65. The second kappa shape index (κ2) is 5.00. The van der Waals surface area contributed by atoms with Gasteiger partial charge in [-0.15, -0.1) is 0 Å². The molecule has 0 aromatic heterocycles. The number of alkyl halides is 9. The van der Waals surface area contributed by atoms with Crippen molar-refractivity contribution in [1.82, 2.24) is 0 Å². The fourth-order valence-corrected chi connectivity index (χ4v) is 0.975. The first-order valence-corrected chi connectivity index (χ1v) is 4.61. The van der Waals surface area contributed by atoms with E-state index < -0.39 is 33.4 Å². The van der Waals surface area contributed by atoms with Crippen molar-refractivity contribution in [2.75, 3.05) is 0 Å². The summed E-state index contributed by atoms with van der Waals surface area (Å²) in [7, 11) is -7.17. The molecule has 0 aliphatic heterocycles. The van der Waals surface area contributed by atoms with Gasteiger partial charge in [0.25, 0.3) is 0 Å². The molecule has 0 aromatic carbocycles. The molecule has 0 bridgehead atoms. The minimum absolute atomic E-state index is 0. The fraction of sp³-hybridized carbons (Fsp3) is 1.00. The van der Waals surface area contributed by atoms with Crippen molar-refractivity contribution in [3.63, 3.8) is 0 Å². The van der Waals surface area contributed by atoms with Crippen molar-refractivity contribution in [1.29, 1.82) is 0 Å². The van der Waals surface area contributed by atoms with Crippen LogP contribution >= 0.6 is 0 Å². The van der Waals surface area contributed by atoms with Crippen molar-refractivity contribution in [2.24, 2.45) is 0 Å². The van der Waals surface area contributed by atoms with Gasteiger partial charge in [-0.25, -0.2) is 0 Å². The zero-order valence-electron chi connectivity index (χ0n) is 7.07. The Labute approximate surface area is 115 Å². The van der Waals surface area contributed by atoms with Gasteiger partial charge in [0, 0.05) is 0 Å². The summed E-state index contributed by atoms with van der Waals surface area (Å²) in [6.07, 6.45) is -7.13. The fourth-order valence-electron chi connectivity index (χ4n) is 0.523. The summed E-state index contributed by atoms with van der Waals surface area (Å²) in [5, 5.41) is -7.00. The molecule has 0 atom stereocenters. The molecule has 18 heavy (non-hydrogen) atoms. The first-order chi connectivity index (χ1) is 7.00. The average molecular weight is 324 g/mol. The van der Waals surface area contributed by atoms with Gasteiger partial charge in [-0.2, -0.15) is 47.9 Å². The van der Waals surface area contributed by atoms with E-state index in [1.54, 1.807) is 0 Å². The maximum absolute atomic E-state index is 12.2. The van der Waals surface area contributed by atoms with Crippen molar-refractivity contribution in [3.05, 3.63) is 0 Å². The molecular weight excluding hydrogens is 322 g/mol. The third-order valence-electron chi connectivity index (χ3n) is 1.44. The molecule has 0 heterocycles. The van der Waals surface area contributed by atoms with Gasteiger partial charge < -0.3 is 0 Å². The Bertz CT molecular complexity index is 399. The van der Waals surface area contributed by atoms with Gasteiger partial charge in [0.2, 0.25) is 0 Å². The molecule has 0 unspecified atom stereocenters. The van der Waals surface area contributed by atoms with Crippen molar-refractivity contribution >= 4 is 39.7 Å². The van der Waals surface area contributed by atoms with Gasteiger partial charge in [0.05, 0.1) is 0 Å². The molecule has 1 N–H and O–H groups in total. The van der Waals surface area contributed by atoms with E-state index in [0.29, 0.717) is 0 Å². The van der Waals surface area contributed by atoms with Crippen LogP contribution in [0.1, 0.15) is 0 Å². The second-order valence-electron chi connectivity index (χ2n) is 2.64. The quantitative estimate of drug-likeness (QED) is 0.488. The van der Waals surface area contributed by atoms with E-state index in [-0.39, 0.29) is 29.6 Å². The van der Waals surface area contributed by atoms with Crippen molar-refractivity contribution in [2.45, 2.75) is 23.3 Å². The van der Waals surface area contributed by atoms with E-state index in [4.69, 9.17) is 4.55 Å². The molecule has 0 rings (SSSR count). The van der Waals surface area contributed by atoms with Crippen LogP contribution in [0, 0.1) is 0 Å². The third-order valence-corrected chi connectivity index (χ3v) is 2.34. The monoisotopic (exact) mass is 324 g/mol. The van der Waals surface area contributed by atoms with E-state index in [2.05, 4.69) is 0 Å². The van der Waals surface area contributed by atoms with Crippen LogP contribution in [0.2, 0.25) is 0 Å². The van der Waals surface area contributed by atoms with Crippen LogP contribution in [0.15, 0.2) is 0 Å². The molecule has 0 saturated carbocycles. The molecule has 0 spiro atoms. The molecule has 3 nitrogen and oxygen atoms in total. The van der Waals surface area contributed by atoms with E-state index in [1.807, 2.05) is 0 Å². The molecule has 0 fully saturated rings. The zero-order valence-corrected chi connectivity index (χ0v) is 7.89. The minimum atomic E-state index is -7.37. The molecule has 106 valence electrons. The number of halogens is 9. The van der Waals surface area contributed by atoms with Gasteiger partial charge in [0.15, 0.2) is 0 Å². The SMILES string of the molecule is O=S(=O)(O)C(F)(F)C(F)(F)C(F)(F)C(F)(F)F.[NaH]. The maximum atomic E-state index is 12.2. The third kappa shape index (κ3) is 2.89. The Balaban J connectivity index is 0. The summed E-state index contributed by atoms with van der Waals surface area (Å²) in [5.74, 6) is -14.7. The van der Waals surface area contributed by atoms with Crippen molar-refractivity contribution < 1.29 is 52.5 Å². The average Bonchev–Trinajstić information content (AvgIpc) is 1.98.